The fraction of sp³-hybridized carbons (Fsp3) is 0.571. The standard InChI is InChI=1S/C21H28BCl2N2O5/c1-12(2)7-15(22-26(13(3)11-30-22)14(4)21(29)31-22)8-17(27)10-25-20(28)18-9-16(23)5-6-19(18)24/h5-6,9,12-15H,7-8,10-11H2,1-4H3,(H,25,28)/q-1/t13-,14+,15+,22?/m0/s1. The first-order valence-corrected chi connectivity index (χ1v) is 11.3. The molecule has 2 aliphatic heterocycles. The molecule has 0 spiro atoms. The van der Waals surface area contributed by atoms with E-state index in [1.54, 1.807) is 13.0 Å². The summed E-state index contributed by atoms with van der Waals surface area (Å²) < 4.78 is 11.9. The number of ketones is 1. The Hall–Kier alpha value is -1.61. The van der Waals surface area contributed by atoms with Crippen LogP contribution in [0.1, 0.15) is 50.9 Å². The van der Waals surface area contributed by atoms with Gasteiger partial charge in [0.1, 0.15) is 5.78 Å². The van der Waals surface area contributed by atoms with Crippen LogP contribution < -0.4 is 5.32 Å². The van der Waals surface area contributed by atoms with E-state index in [0.29, 0.717) is 18.1 Å². The summed E-state index contributed by atoms with van der Waals surface area (Å²) >= 11 is 12.0. The molecule has 1 N–H and O–H groups in total. The molecule has 0 aromatic heterocycles. The topological polar surface area (TPSA) is 84.9 Å². The highest BCUT2D eigenvalue weighted by Gasteiger charge is 2.57. The van der Waals surface area contributed by atoms with Crippen LogP contribution in [-0.4, -0.2) is 54.4 Å². The maximum atomic E-state index is 12.8. The van der Waals surface area contributed by atoms with Gasteiger partial charge in [0, 0.05) is 11.6 Å². The van der Waals surface area contributed by atoms with Crippen LogP contribution in [-0.2, 0) is 18.9 Å². The van der Waals surface area contributed by atoms with Gasteiger partial charge in [-0.2, -0.15) is 0 Å². The van der Waals surface area contributed by atoms with Crippen LogP contribution in [0.3, 0.4) is 0 Å². The number of hydrogen-bond donors (Lipinski definition) is 1. The molecule has 3 rings (SSSR count). The number of benzene rings is 1. The van der Waals surface area contributed by atoms with E-state index in [1.807, 2.05) is 11.7 Å². The van der Waals surface area contributed by atoms with Crippen molar-refractivity contribution in [2.75, 3.05) is 13.2 Å². The summed E-state index contributed by atoms with van der Waals surface area (Å²) in [6.07, 6.45) is 0.786. The molecule has 1 amide bonds. The van der Waals surface area contributed by atoms with Crippen molar-refractivity contribution < 1.29 is 23.7 Å². The van der Waals surface area contributed by atoms with Gasteiger partial charge in [0.25, 0.3) is 11.9 Å². The first-order chi connectivity index (χ1) is 14.5. The van der Waals surface area contributed by atoms with Gasteiger partial charge in [-0.15, -0.1) is 0 Å². The SMILES string of the molecule is CC(C)C[C@H](CC(=O)CNC(=O)c1cc(Cl)ccc1Cl)[B-]12OC[C@H](C)N1[C@H](C)C(=O)O2. The lowest BCUT2D eigenvalue weighted by Crippen LogP contribution is -2.55. The molecule has 2 heterocycles. The van der Waals surface area contributed by atoms with Gasteiger partial charge in [-0.1, -0.05) is 56.2 Å². The zero-order valence-corrected chi connectivity index (χ0v) is 19.7. The average Bonchev–Trinajstić information content (AvgIpc) is 3.16. The fourth-order valence-corrected chi connectivity index (χ4v) is 5.15. The van der Waals surface area contributed by atoms with Gasteiger partial charge in [-0.05, 0) is 43.5 Å². The lowest BCUT2D eigenvalue weighted by atomic mass is 9.53. The minimum Gasteiger partial charge on any atom is -0.652 e. The molecule has 10 heteroatoms. The van der Waals surface area contributed by atoms with Crippen molar-refractivity contribution in [2.45, 2.75) is 58.4 Å². The van der Waals surface area contributed by atoms with E-state index < -0.39 is 18.6 Å². The molecular weight excluding hydrogens is 442 g/mol. The van der Waals surface area contributed by atoms with Gasteiger partial charge >= 0.3 is 6.69 Å². The van der Waals surface area contributed by atoms with Crippen molar-refractivity contribution in [3.63, 3.8) is 0 Å². The van der Waals surface area contributed by atoms with Crippen LogP contribution in [0.5, 0.6) is 0 Å². The highest BCUT2D eigenvalue weighted by molar-refractivity contribution is 6.70. The molecule has 170 valence electrons. The number of fused-ring (bicyclic) bond motifs is 1. The molecule has 1 unspecified atom stereocenters. The van der Waals surface area contributed by atoms with Crippen LogP contribution >= 0.6 is 23.2 Å². The Bertz CT molecular complexity index is 883. The summed E-state index contributed by atoms with van der Waals surface area (Å²) in [6, 6.07) is 4.19. The summed E-state index contributed by atoms with van der Waals surface area (Å²) in [5.74, 6) is -0.996. The van der Waals surface area contributed by atoms with Gasteiger partial charge in [-0.25, -0.2) is 0 Å². The molecule has 7 nitrogen and oxygen atoms in total. The number of carbonyl (C=O) groups excluding carboxylic acids is 3. The molecule has 4 atom stereocenters. The van der Waals surface area contributed by atoms with Crippen molar-refractivity contribution >= 4 is 47.5 Å². The van der Waals surface area contributed by atoms with Crippen molar-refractivity contribution in [3.8, 4) is 0 Å². The highest BCUT2D eigenvalue weighted by Crippen LogP contribution is 2.45. The summed E-state index contributed by atoms with van der Waals surface area (Å²) in [7, 11) is 0. The monoisotopic (exact) mass is 469 g/mol. The summed E-state index contributed by atoms with van der Waals surface area (Å²) in [5.41, 5.74) is 0.209. The third-order valence-corrected chi connectivity index (χ3v) is 6.62. The number of nitrogens with zero attached hydrogens (tertiary/aromatic N) is 1. The number of halogens is 2. The van der Waals surface area contributed by atoms with Crippen molar-refractivity contribution in [2.24, 2.45) is 5.92 Å². The Kier molecular flexibility index (Phi) is 7.36. The van der Waals surface area contributed by atoms with Crippen molar-refractivity contribution in [1.82, 2.24) is 10.1 Å². The quantitative estimate of drug-likeness (QED) is 0.584. The van der Waals surface area contributed by atoms with E-state index >= 15 is 0 Å². The molecule has 0 bridgehead atoms. The van der Waals surface area contributed by atoms with E-state index in [1.165, 1.54) is 12.1 Å². The molecule has 2 aliphatic rings. The zero-order valence-electron chi connectivity index (χ0n) is 18.2. The van der Waals surface area contributed by atoms with E-state index in [-0.39, 0.29) is 53.1 Å². The second kappa shape index (κ2) is 9.49. The number of Topliss-reactive ketones (excluding diaryl/α,β-unsaturated/α-hetero) is 1. The van der Waals surface area contributed by atoms with Gasteiger partial charge in [0.05, 0.1) is 23.2 Å². The number of amides is 1. The Morgan fingerprint density at radius 3 is 2.68 bits per heavy atom. The minimum atomic E-state index is -2.06. The third kappa shape index (κ3) is 4.92. The lowest BCUT2D eigenvalue weighted by Gasteiger charge is -2.44. The molecule has 1 aromatic rings. The Morgan fingerprint density at radius 1 is 1.29 bits per heavy atom. The molecule has 31 heavy (non-hydrogen) atoms. The van der Waals surface area contributed by atoms with E-state index in [2.05, 4.69) is 19.2 Å². The van der Waals surface area contributed by atoms with Gasteiger partial charge < -0.3 is 19.4 Å². The maximum absolute atomic E-state index is 12.8. The van der Waals surface area contributed by atoms with E-state index in [0.717, 1.165) is 0 Å². The largest absolute Gasteiger partial charge is 0.652 e. The fourth-order valence-electron chi connectivity index (χ4n) is 4.77. The molecule has 1 aromatic carbocycles. The van der Waals surface area contributed by atoms with Crippen LogP contribution in [0, 0.1) is 5.92 Å². The van der Waals surface area contributed by atoms with E-state index in [9.17, 15) is 14.4 Å². The van der Waals surface area contributed by atoms with Crippen LogP contribution in [0.15, 0.2) is 18.2 Å². The van der Waals surface area contributed by atoms with Gasteiger partial charge in [0.15, 0.2) is 0 Å². The average molecular weight is 470 g/mol. The number of rotatable bonds is 8. The van der Waals surface area contributed by atoms with Crippen LogP contribution in [0.2, 0.25) is 15.9 Å². The number of hydrogen-bond acceptors (Lipinski definition) is 6. The number of nitrogens with one attached hydrogen (secondary N) is 1. The second-order valence-corrected chi connectivity index (χ2v) is 9.75. The van der Waals surface area contributed by atoms with Crippen molar-refractivity contribution in [1.29, 1.82) is 0 Å². The minimum absolute atomic E-state index is 0.0240. The third-order valence-electron chi connectivity index (χ3n) is 6.05. The Balaban J connectivity index is 1.71. The van der Waals surface area contributed by atoms with Crippen LogP contribution in [0.25, 0.3) is 0 Å². The zero-order chi connectivity index (χ0) is 22.9. The first kappa shape index (κ1) is 24.0. The highest BCUT2D eigenvalue weighted by atomic mass is 35.5. The Morgan fingerprint density at radius 2 is 2.00 bits per heavy atom. The summed E-state index contributed by atoms with van der Waals surface area (Å²) in [6.45, 7) is 6.12. The maximum Gasteiger partial charge on any atom is 0.378 e. The summed E-state index contributed by atoms with van der Waals surface area (Å²) in [4.78, 5) is 39.6. The van der Waals surface area contributed by atoms with Gasteiger partial charge in [0.2, 0.25) is 0 Å². The molecule has 2 fully saturated rings. The summed E-state index contributed by atoms with van der Waals surface area (Å²) in [5, 5.41) is 3.25. The predicted octanol–water partition coefficient (Wildman–Crippen LogP) is 3.70. The van der Waals surface area contributed by atoms with Gasteiger partial charge in [-0.3, -0.25) is 14.4 Å². The molecule has 0 radical (unpaired) electrons. The predicted molar refractivity (Wildman–Crippen MR) is 120 cm³/mol. The number of carbonyl (C=O) groups is 3. The first-order valence-electron chi connectivity index (χ1n) is 10.6. The normalized spacial score (nSPS) is 26.6. The molecule has 0 aliphatic carbocycles. The van der Waals surface area contributed by atoms with E-state index in [4.69, 9.17) is 32.5 Å². The van der Waals surface area contributed by atoms with Crippen LogP contribution in [0.4, 0.5) is 0 Å². The lowest BCUT2D eigenvalue weighted by molar-refractivity contribution is -0.136. The Labute approximate surface area is 192 Å². The molecular formula is C21H28BCl2N2O5-. The second-order valence-electron chi connectivity index (χ2n) is 8.91. The molecule has 2 saturated heterocycles. The van der Waals surface area contributed by atoms with Crippen molar-refractivity contribution in [3.05, 3.63) is 33.8 Å². The molecule has 0 saturated carbocycles. The smallest absolute Gasteiger partial charge is 0.378 e.